The molecule has 3 heterocycles. The number of hydrogen-bond donors (Lipinski definition) is 1. The van der Waals surface area contributed by atoms with Gasteiger partial charge < -0.3 is 14.6 Å². The molecular weight excluding hydrogens is 383 g/mol. The number of amides is 1. The fourth-order valence-corrected chi connectivity index (χ4v) is 4.32. The first-order chi connectivity index (χ1) is 13.7. The average molecular weight is 409 g/mol. The van der Waals surface area contributed by atoms with Crippen molar-refractivity contribution in [2.45, 2.75) is 57.5 Å². The number of aromatic nitrogens is 1. The number of hydrogen-bond acceptors (Lipinski definition) is 3. The topological polar surface area (TPSA) is 48.6 Å². The average Bonchev–Trinajstić information content (AvgIpc) is 3.39. The Hall–Kier alpha value is -2.22. The molecule has 2 atom stereocenters. The van der Waals surface area contributed by atoms with Crippen LogP contribution in [0.3, 0.4) is 0 Å². The summed E-state index contributed by atoms with van der Waals surface area (Å²) >= 11 is 0. The molecule has 4 rings (SSSR count). The lowest BCUT2D eigenvalue weighted by Gasteiger charge is -2.26. The normalized spacial score (nSPS) is 23.4. The van der Waals surface area contributed by atoms with Gasteiger partial charge in [0.15, 0.2) is 0 Å². The second kappa shape index (κ2) is 7.55. The van der Waals surface area contributed by atoms with Gasteiger partial charge in [0.1, 0.15) is 23.6 Å². The third-order valence-electron chi connectivity index (χ3n) is 5.92. The molecule has 2 aliphatic rings. The zero-order valence-corrected chi connectivity index (χ0v) is 16.6. The second-order valence-electron chi connectivity index (χ2n) is 8.25. The number of rotatable bonds is 4. The number of carbonyl (C=O) groups excluding carboxylic acids is 1. The summed E-state index contributed by atoms with van der Waals surface area (Å²) in [6.45, 7) is 6.33. The van der Waals surface area contributed by atoms with E-state index in [9.17, 15) is 18.0 Å². The van der Waals surface area contributed by atoms with Crippen LogP contribution in [0.5, 0.6) is 5.75 Å². The first-order valence-corrected chi connectivity index (χ1v) is 10.1. The molecule has 0 aliphatic carbocycles. The van der Waals surface area contributed by atoms with Crippen LogP contribution in [0.1, 0.15) is 43.6 Å². The van der Waals surface area contributed by atoms with E-state index < -0.39 is 18.1 Å². The Morgan fingerprint density at radius 2 is 2.00 bits per heavy atom. The molecule has 2 unspecified atom stereocenters. The first-order valence-electron chi connectivity index (χ1n) is 10.1. The largest absolute Gasteiger partial charge is 0.489 e. The summed E-state index contributed by atoms with van der Waals surface area (Å²) in [5.74, 6) is 0.104. The van der Waals surface area contributed by atoms with Gasteiger partial charge in [-0.2, -0.15) is 13.2 Å². The minimum atomic E-state index is -4.40. The number of halogens is 3. The standard InChI is InChI=1S/C21H26F3N3O2/c1-13(2)26-9-7-16(12-26)29-15-5-6-17-14(10-15)11-18(25-17)20(28)27-8-3-4-19(27)21(22,23)24/h5-6,10-11,13,16,19,25H,3-4,7-9,12H2,1-2H3. The predicted molar refractivity (Wildman–Crippen MR) is 104 cm³/mol. The van der Waals surface area contributed by atoms with E-state index in [1.54, 1.807) is 6.07 Å². The minimum Gasteiger partial charge on any atom is -0.489 e. The number of H-pyrrole nitrogens is 1. The number of likely N-dealkylation sites (tertiary alicyclic amines) is 2. The van der Waals surface area contributed by atoms with E-state index in [-0.39, 0.29) is 24.8 Å². The summed E-state index contributed by atoms with van der Waals surface area (Å²) in [6.07, 6.45) is -3.00. The van der Waals surface area contributed by atoms with Gasteiger partial charge in [-0.05, 0) is 57.4 Å². The van der Waals surface area contributed by atoms with E-state index in [1.807, 2.05) is 18.2 Å². The van der Waals surface area contributed by atoms with Crippen LogP contribution in [-0.4, -0.2) is 64.7 Å². The van der Waals surface area contributed by atoms with Crippen molar-refractivity contribution in [3.63, 3.8) is 0 Å². The van der Waals surface area contributed by atoms with Gasteiger partial charge in [0.25, 0.3) is 5.91 Å². The molecule has 29 heavy (non-hydrogen) atoms. The van der Waals surface area contributed by atoms with Crippen LogP contribution in [-0.2, 0) is 0 Å². The lowest BCUT2D eigenvalue weighted by molar-refractivity contribution is -0.169. The van der Waals surface area contributed by atoms with Gasteiger partial charge in [-0.3, -0.25) is 9.69 Å². The van der Waals surface area contributed by atoms with E-state index in [0.717, 1.165) is 29.8 Å². The Morgan fingerprint density at radius 1 is 1.21 bits per heavy atom. The number of alkyl halides is 3. The third kappa shape index (κ3) is 4.08. The lowest BCUT2D eigenvalue weighted by atomic mass is 10.2. The number of fused-ring (bicyclic) bond motifs is 1. The number of carbonyl (C=O) groups is 1. The highest BCUT2D eigenvalue weighted by Gasteiger charge is 2.48. The van der Waals surface area contributed by atoms with Crippen LogP contribution in [0.4, 0.5) is 13.2 Å². The van der Waals surface area contributed by atoms with Crippen molar-refractivity contribution in [3.05, 3.63) is 30.0 Å². The Kier molecular flexibility index (Phi) is 5.23. The maximum absolute atomic E-state index is 13.2. The maximum atomic E-state index is 13.2. The molecule has 0 radical (unpaired) electrons. The molecule has 8 heteroatoms. The molecule has 158 valence electrons. The molecule has 0 bridgehead atoms. The van der Waals surface area contributed by atoms with Crippen LogP contribution in [0.15, 0.2) is 24.3 Å². The molecule has 5 nitrogen and oxygen atoms in total. The van der Waals surface area contributed by atoms with Crippen molar-refractivity contribution in [2.24, 2.45) is 0 Å². The Labute approximate surface area is 167 Å². The van der Waals surface area contributed by atoms with Crippen LogP contribution >= 0.6 is 0 Å². The zero-order valence-electron chi connectivity index (χ0n) is 16.6. The Morgan fingerprint density at radius 3 is 2.69 bits per heavy atom. The van der Waals surface area contributed by atoms with Crippen LogP contribution in [0.25, 0.3) is 10.9 Å². The van der Waals surface area contributed by atoms with Gasteiger partial charge in [0.2, 0.25) is 0 Å². The molecule has 2 aliphatic heterocycles. The van der Waals surface area contributed by atoms with Crippen LogP contribution in [0, 0.1) is 0 Å². The summed E-state index contributed by atoms with van der Waals surface area (Å²) in [4.78, 5) is 19.0. The van der Waals surface area contributed by atoms with E-state index in [2.05, 4.69) is 23.7 Å². The zero-order chi connectivity index (χ0) is 20.8. The van der Waals surface area contributed by atoms with E-state index in [1.165, 1.54) is 0 Å². The molecule has 1 aromatic carbocycles. The van der Waals surface area contributed by atoms with Crippen molar-refractivity contribution in [1.82, 2.24) is 14.8 Å². The van der Waals surface area contributed by atoms with Crippen LogP contribution < -0.4 is 4.74 Å². The number of ether oxygens (including phenoxy) is 1. The lowest BCUT2D eigenvalue weighted by Crippen LogP contribution is -2.44. The summed E-state index contributed by atoms with van der Waals surface area (Å²) in [6, 6.07) is 5.88. The third-order valence-corrected chi connectivity index (χ3v) is 5.92. The van der Waals surface area contributed by atoms with Crippen molar-refractivity contribution < 1.29 is 22.7 Å². The van der Waals surface area contributed by atoms with Crippen molar-refractivity contribution >= 4 is 16.8 Å². The summed E-state index contributed by atoms with van der Waals surface area (Å²) < 4.78 is 45.7. The molecule has 0 saturated carbocycles. The van der Waals surface area contributed by atoms with Gasteiger partial charge in [-0.15, -0.1) is 0 Å². The van der Waals surface area contributed by atoms with Gasteiger partial charge in [-0.25, -0.2) is 0 Å². The fraction of sp³-hybridized carbons (Fsp3) is 0.571. The molecular formula is C21H26F3N3O2. The SMILES string of the molecule is CC(C)N1CCC(Oc2ccc3[nH]c(C(=O)N4CCCC4C(F)(F)F)cc3c2)C1. The van der Waals surface area contributed by atoms with Gasteiger partial charge in [0, 0.05) is 36.6 Å². The fourth-order valence-electron chi connectivity index (χ4n) is 4.32. The molecule has 2 fully saturated rings. The second-order valence-corrected chi connectivity index (χ2v) is 8.25. The highest BCUT2D eigenvalue weighted by Crippen LogP contribution is 2.34. The van der Waals surface area contributed by atoms with E-state index in [4.69, 9.17) is 4.74 Å². The van der Waals surface area contributed by atoms with E-state index >= 15 is 0 Å². The Balaban J connectivity index is 1.49. The van der Waals surface area contributed by atoms with Crippen molar-refractivity contribution in [1.29, 1.82) is 0 Å². The quantitative estimate of drug-likeness (QED) is 0.824. The highest BCUT2D eigenvalue weighted by atomic mass is 19.4. The smallest absolute Gasteiger partial charge is 0.408 e. The Bertz CT molecular complexity index is 893. The van der Waals surface area contributed by atoms with Crippen molar-refractivity contribution in [2.75, 3.05) is 19.6 Å². The highest BCUT2D eigenvalue weighted by molar-refractivity contribution is 5.98. The van der Waals surface area contributed by atoms with E-state index in [0.29, 0.717) is 23.7 Å². The summed E-state index contributed by atoms with van der Waals surface area (Å²) in [5.41, 5.74) is 0.888. The van der Waals surface area contributed by atoms with Crippen LogP contribution in [0.2, 0.25) is 0 Å². The minimum absolute atomic E-state index is 0.0394. The van der Waals surface area contributed by atoms with Crippen molar-refractivity contribution in [3.8, 4) is 5.75 Å². The van der Waals surface area contributed by atoms with Gasteiger partial charge in [0.05, 0.1) is 0 Å². The molecule has 2 saturated heterocycles. The number of benzene rings is 1. The molecule has 0 spiro atoms. The number of nitrogens with zero attached hydrogens (tertiary/aromatic N) is 2. The first kappa shape index (κ1) is 20.1. The van der Waals surface area contributed by atoms with Gasteiger partial charge in [-0.1, -0.05) is 0 Å². The number of aromatic amines is 1. The summed E-state index contributed by atoms with van der Waals surface area (Å²) in [5, 5.41) is 0.757. The molecule has 1 N–H and O–H groups in total. The molecule has 1 aromatic heterocycles. The van der Waals surface area contributed by atoms with Gasteiger partial charge >= 0.3 is 6.18 Å². The molecule has 1 amide bonds. The summed E-state index contributed by atoms with van der Waals surface area (Å²) in [7, 11) is 0. The monoisotopic (exact) mass is 409 g/mol. The maximum Gasteiger partial charge on any atom is 0.408 e. The number of nitrogens with one attached hydrogen (secondary N) is 1. The molecule has 2 aromatic rings. The predicted octanol–water partition coefficient (Wildman–Crippen LogP) is 4.20.